The first-order valence-corrected chi connectivity index (χ1v) is 10.8. The van der Waals surface area contributed by atoms with E-state index in [1.165, 1.54) is 0 Å². The van der Waals surface area contributed by atoms with E-state index in [0.29, 0.717) is 27.7 Å². The summed E-state index contributed by atoms with van der Waals surface area (Å²) in [5, 5.41) is -0.394. The van der Waals surface area contributed by atoms with Crippen LogP contribution in [0.4, 0.5) is 11.4 Å². The molecule has 0 saturated heterocycles. The predicted molar refractivity (Wildman–Crippen MR) is 117 cm³/mol. The zero-order valence-electron chi connectivity index (χ0n) is 16.7. The lowest BCUT2D eigenvalue weighted by Crippen LogP contribution is -2.20. The Morgan fingerprint density at radius 2 is 2.04 bits per heavy atom. The van der Waals surface area contributed by atoms with E-state index in [1.807, 2.05) is 25.8 Å². The molecule has 1 atom stereocenters. The Bertz CT molecular complexity index is 961. The van der Waals surface area contributed by atoms with Crippen LogP contribution in [0.1, 0.15) is 30.2 Å². The summed E-state index contributed by atoms with van der Waals surface area (Å²) in [6.07, 6.45) is 1.69. The molecule has 0 aliphatic carbocycles. The van der Waals surface area contributed by atoms with Crippen molar-refractivity contribution in [2.24, 2.45) is 4.99 Å². The van der Waals surface area contributed by atoms with Crippen molar-refractivity contribution in [2.75, 3.05) is 25.4 Å². The van der Waals surface area contributed by atoms with Gasteiger partial charge in [0, 0.05) is 13.6 Å². The molecule has 1 N–H and O–H groups in total. The van der Waals surface area contributed by atoms with Gasteiger partial charge in [-0.25, -0.2) is 13.4 Å². The van der Waals surface area contributed by atoms with E-state index < -0.39 is 15.3 Å². The maximum Gasteiger partial charge on any atom is 0.239 e. The van der Waals surface area contributed by atoms with Gasteiger partial charge in [-0.1, -0.05) is 23.7 Å². The Morgan fingerprint density at radius 1 is 1.32 bits per heavy atom. The molecule has 6 nitrogen and oxygen atoms in total. The van der Waals surface area contributed by atoms with Gasteiger partial charge >= 0.3 is 0 Å². The Kier molecular flexibility index (Phi) is 7.32. The van der Waals surface area contributed by atoms with Crippen molar-refractivity contribution in [1.82, 2.24) is 4.90 Å². The van der Waals surface area contributed by atoms with Gasteiger partial charge in [-0.2, -0.15) is 0 Å². The number of hydrogen-bond acceptors (Lipinski definition) is 4. The van der Waals surface area contributed by atoms with Crippen LogP contribution < -0.4 is 9.46 Å². The van der Waals surface area contributed by atoms with Crippen LogP contribution in [-0.2, 0) is 10.0 Å². The summed E-state index contributed by atoms with van der Waals surface area (Å²) >= 11 is 6.31. The molecule has 0 heterocycles. The lowest BCUT2D eigenvalue weighted by molar-refractivity contribution is 0.414. The zero-order chi connectivity index (χ0) is 20.9. The molecule has 0 spiro atoms. The van der Waals surface area contributed by atoms with Crippen molar-refractivity contribution < 1.29 is 13.2 Å². The molecule has 152 valence electrons. The fourth-order valence-corrected chi connectivity index (χ4v) is 3.85. The number of methoxy groups -OCH3 is 1. The number of sulfonamides is 1. The molecule has 2 rings (SSSR count). The SMILES string of the molecule is CCN(C)C=Nc1cc(C)c(NS(=O)(=O)C(C)c2cccc(OC)c2)cc1Cl. The third kappa shape index (κ3) is 5.39. The fourth-order valence-electron chi connectivity index (χ4n) is 2.43. The molecule has 8 heteroatoms. The number of aryl methyl sites for hydroxylation is 1. The molecule has 2 aromatic carbocycles. The largest absolute Gasteiger partial charge is 0.497 e. The zero-order valence-corrected chi connectivity index (χ0v) is 18.3. The highest BCUT2D eigenvalue weighted by Gasteiger charge is 2.24. The van der Waals surface area contributed by atoms with E-state index in [0.717, 1.165) is 12.1 Å². The Labute approximate surface area is 172 Å². The first kappa shape index (κ1) is 22.0. The van der Waals surface area contributed by atoms with E-state index in [-0.39, 0.29) is 0 Å². The van der Waals surface area contributed by atoms with Gasteiger partial charge in [-0.05, 0) is 56.2 Å². The summed E-state index contributed by atoms with van der Waals surface area (Å²) in [6.45, 7) is 6.28. The molecule has 0 aliphatic heterocycles. The van der Waals surface area contributed by atoms with Crippen LogP contribution in [0.25, 0.3) is 0 Å². The van der Waals surface area contributed by atoms with E-state index >= 15 is 0 Å². The lowest BCUT2D eigenvalue weighted by Gasteiger charge is -2.18. The second kappa shape index (κ2) is 9.30. The number of aliphatic imine (C=N–C) groups is 1. The van der Waals surface area contributed by atoms with Gasteiger partial charge in [0.15, 0.2) is 0 Å². The molecule has 28 heavy (non-hydrogen) atoms. The van der Waals surface area contributed by atoms with Crippen molar-refractivity contribution in [3.8, 4) is 5.75 Å². The molecule has 2 aromatic rings. The fraction of sp³-hybridized carbons (Fsp3) is 0.350. The van der Waals surface area contributed by atoms with E-state index in [1.54, 1.807) is 56.8 Å². The summed E-state index contributed by atoms with van der Waals surface area (Å²) < 4.78 is 33.6. The third-order valence-corrected chi connectivity index (χ3v) is 6.48. The summed E-state index contributed by atoms with van der Waals surface area (Å²) in [5.74, 6) is 0.609. The Balaban J connectivity index is 2.28. The maximum atomic E-state index is 12.9. The molecule has 0 aromatic heterocycles. The Hall–Kier alpha value is -2.25. The molecule has 0 saturated carbocycles. The number of nitrogens with one attached hydrogen (secondary N) is 1. The lowest BCUT2D eigenvalue weighted by atomic mass is 10.1. The van der Waals surface area contributed by atoms with Gasteiger partial charge in [0.2, 0.25) is 10.0 Å². The smallest absolute Gasteiger partial charge is 0.239 e. The van der Waals surface area contributed by atoms with Crippen LogP contribution >= 0.6 is 11.6 Å². The van der Waals surface area contributed by atoms with Crippen LogP contribution in [0.15, 0.2) is 41.4 Å². The molecular weight excluding hydrogens is 398 g/mol. The first-order valence-electron chi connectivity index (χ1n) is 8.88. The standard InChI is InChI=1S/C20H26ClN3O3S/c1-6-24(4)13-22-20-10-14(2)19(12-18(20)21)23-28(25,26)15(3)16-8-7-9-17(11-16)27-5/h7-13,15,23H,6H2,1-5H3. The average Bonchev–Trinajstić information content (AvgIpc) is 2.68. The third-order valence-electron chi connectivity index (χ3n) is 4.47. The van der Waals surface area contributed by atoms with Crippen molar-refractivity contribution in [1.29, 1.82) is 0 Å². The summed E-state index contributed by atoms with van der Waals surface area (Å²) in [5.41, 5.74) is 2.39. The second-order valence-electron chi connectivity index (χ2n) is 6.50. The minimum Gasteiger partial charge on any atom is -0.497 e. The van der Waals surface area contributed by atoms with E-state index in [9.17, 15) is 8.42 Å². The van der Waals surface area contributed by atoms with Crippen LogP contribution in [0.2, 0.25) is 5.02 Å². The number of ether oxygens (including phenoxy) is 1. The van der Waals surface area contributed by atoms with Gasteiger partial charge in [0.05, 0.1) is 29.8 Å². The highest BCUT2D eigenvalue weighted by atomic mass is 35.5. The quantitative estimate of drug-likeness (QED) is 0.490. The van der Waals surface area contributed by atoms with Crippen molar-refractivity contribution in [3.05, 3.63) is 52.5 Å². The van der Waals surface area contributed by atoms with Gasteiger partial charge in [-0.3, -0.25) is 4.72 Å². The van der Waals surface area contributed by atoms with Crippen LogP contribution in [0, 0.1) is 6.92 Å². The van der Waals surface area contributed by atoms with Gasteiger partial charge in [0.25, 0.3) is 0 Å². The van der Waals surface area contributed by atoms with Crippen LogP contribution in [0.5, 0.6) is 5.75 Å². The van der Waals surface area contributed by atoms with Crippen LogP contribution in [-0.4, -0.2) is 40.4 Å². The number of hydrogen-bond donors (Lipinski definition) is 1. The number of halogens is 1. The molecule has 0 amide bonds. The Morgan fingerprint density at radius 3 is 2.68 bits per heavy atom. The van der Waals surface area contributed by atoms with Gasteiger partial charge in [0.1, 0.15) is 11.0 Å². The van der Waals surface area contributed by atoms with E-state index in [4.69, 9.17) is 16.3 Å². The average molecular weight is 424 g/mol. The van der Waals surface area contributed by atoms with Gasteiger partial charge in [-0.15, -0.1) is 0 Å². The highest BCUT2D eigenvalue weighted by molar-refractivity contribution is 7.92. The number of anilines is 1. The molecule has 0 fully saturated rings. The number of benzene rings is 2. The molecule has 0 aliphatic rings. The molecule has 0 bridgehead atoms. The topological polar surface area (TPSA) is 71.0 Å². The van der Waals surface area contributed by atoms with Crippen molar-refractivity contribution in [2.45, 2.75) is 26.0 Å². The summed E-state index contributed by atoms with van der Waals surface area (Å²) in [4.78, 5) is 6.27. The van der Waals surface area contributed by atoms with Crippen LogP contribution in [0.3, 0.4) is 0 Å². The number of rotatable bonds is 8. The second-order valence-corrected chi connectivity index (χ2v) is 8.91. The summed E-state index contributed by atoms with van der Waals surface area (Å²) in [6, 6.07) is 10.4. The normalized spacial score (nSPS) is 12.8. The summed E-state index contributed by atoms with van der Waals surface area (Å²) in [7, 11) is -0.229. The highest BCUT2D eigenvalue weighted by Crippen LogP contribution is 2.33. The first-order chi connectivity index (χ1) is 13.2. The van der Waals surface area contributed by atoms with Crippen molar-refractivity contribution in [3.63, 3.8) is 0 Å². The minimum atomic E-state index is -3.68. The predicted octanol–water partition coefficient (Wildman–Crippen LogP) is 4.77. The van der Waals surface area contributed by atoms with Gasteiger partial charge < -0.3 is 9.64 Å². The minimum absolute atomic E-state index is 0.373. The van der Waals surface area contributed by atoms with E-state index in [2.05, 4.69) is 9.71 Å². The maximum absolute atomic E-state index is 12.9. The molecule has 1 unspecified atom stereocenters. The number of nitrogens with zero attached hydrogens (tertiary/aromatic N) is 2. The monoisotopic (exact) mass is 423 g/mol. The van der Waals surface area contributed by atoms with Crippen molar-refractivity contribution >= 4 is 39.3 Å². The molecule has 0 radical (unpaired) electrons. The molecular formula is C20H26ClN3O3S.